The quantitative estimate of drug-likeness (QED) is 0.741. The van der Waals surface area contributed by atoms with Crippen molar-refractivity contribution in [1.82, 2.24) is 10.3 Å². The molecule has 0 saturated carbocycles. The van der Waals surface area contributed by atoms with Gasteiger partial charge >= 0.3 is 0 Å². The maximum Gasteiger partial charge on any atom is 0.138 e. The summed E-state index contributed by atoms with van der Waals surface area (Å²) in [5.74, 6) is 0.309. The van der Waals surface area contributed by atoms with Crippen LogP contribution in [0.5, 0.6) is 5.75 Å². The highest BCUT2D eigenvalue weighted by Crippen LogP contribution is 2.37. The van der Waals surface area contributed by atoms with E-state index in [2.05, 4.69) is 10.2 Å². The van der Waals surface area contributed by atoms with Crippen LogP contribution in [0, 0.1) is 0 Å². The van der Waals surface area contributed by atoms with E-state index in [0.29, 0.717) is 5.75 Å². The Morgan fingerprint density at radius 2 is 2.13 bits per heavy atom. The maximum absolute atomic E-state index is 10.2. The minimum atomic E-state index is 0.105. The van der Waals surface area contributed by atoms with Crippen LogP contribution in [-0.2, 0) is 0 Å². The number of nitrogens with zero attached hydrogens (tertiary/aromatic N) is 2. The van der Waals surface area contributed by atoms with Gasteiger partial charge in [-0.2, -0.15) is 0 Å². The Hall–Kier alpha value is -1.82. The second-order valence-corrected chi connectivity index (χ2v) is 7.06. The summed E-state index contributed by atoms with van der Waals surface area (Å²) in [4.78, 5) is 7.01. The van der Waals surface area contributed by atoms with Gasteiger partial charge in [-0.3, -0.25) is 0 Å². The van der Waals surface area contributed by atoms with Crippen LogP contribution < -0.4 is 10.2 Å². The number of piperazine rings is 1. The van der Waals surface area contributed by atoms with E-state index in [9.17, 15) is 5.11 Å². The first kappa shape index (κ1) is 14.8. The second kappa shape index (κ2) is 6.00. The van der Waals surface area contributed by atoms with Crippen LogP contribution in [0.25, 0.3) is 10.2 Å². The van der Waals surface area contributed by atoms with Crippen LogP contribution in [0.15, 0.2) is 42.5 Å². The average molecular weight is 346 g/mol. The number of fused-ring (bicyclic) bond motifs is 1. The highest BCUT2D eigenvalue weighted by Gasteiger charge is 2.28. The van der Waals surface area contributed by atoms with E-state index in [-0.39, 0.29) is 6.04 Å². The lowest BCUT2D eigenvalue weighted by Crippen LogP contribution is -2.46. The summed E-state index contributed by atoms with van der Waals surface area (Å²) in [6.07, 6.45) is 0. The molecule has 1 unspecified atom stereocenters. The van der Waals surface area contributed by atoms with Crippen molar-refractivity contribution in [3.05, 3.63) is 52.5 Å². The Labute approximate surface area is 143 Å². The SMILES string of the molecule is Oc1ccccc1N1CCNCC1c1nc2ccc(Cl)cc2s1. The summed E-state index contributed by atoms with van der Waals surface area (Å²) >= 11 is 7.75. The fourth-order valence-corrected chi connectivity index (χ4v) is 4.34. The van der Waals surface area contributed by atoms with Gasteiger partial charge in [-0.1, -0.05) is 23.7 Å². The molecule has 0 radical (unpaired) electrons. The van der Waals surface area contributed by atoms with Gasteiger partial charge in [0.25, 0.3) is 0 Å². The zero-order valence-corrected chi connectivity index (χ0v) is 13.9. The molecule has 0 spiro atoms. The fraction of sp³-hybridized carbons (Fsp3) is 0.235. The molecule has 6 heteroatoms. The van der Waals surface area contributed by atoms with Crippen molar-refractivity contribution in [2.24, 2.45) is 0 Å². The van der Waals surface area contributed by atoms with Crippen molar-refractivity contribution < 1.29 is 5.11 Å². The van der Waals surface area contributed by atoms with Gasteiger partial charge in [-0.15, -0.1) is 11.3 Å². The largest absolute Gasteiger partial charge is 0.506 e. The number of hydrogen-bond donors (Lipinski definition) is 2. The fourth-order valence-electron chi connectivity index (χ4n) is 2.98. The number of halogens is 1. The molecule has 1 aromatic heterocycles. The van der Waals surface area contributed by atoms with Crippen molar-refractivity contribution in [1.29, 1.82) is 0 Å². The minimum absolute atomic E-state index is 0.105. The van der Waals surface area contributed by atoms with E-state index >= 15 is 0 Å². The van der Waals surface area contributed by atoms with Crippen molar-refractivity contribution in [2.75, 3.05) is 24.5 Å². The molecule has 0 amide bonds. The topological polar surface area (TPSA) is 48.4 Å². The number of benzene rings is 2. The summed E-state index contributed by atoms with van der Waals surface area (Å²) in [5, 5.41) is 15.4. The molecule has 2 aromatic carbocycles. The van der Waals surface area contributed by atoms with E-state index in [0.717, 1.165) is 45.6 Å². The second-order valence-electron chi connectivity index (χ2n) is 5.57. The normalized spacial score (nSPS) is 18.5. The highest BCUT2D eigenvalue weighted by molar-refractivity contribution is 7.18. The van der Waals surface area contributed by atoms with Crippen molar-refractivity contribution in [2.45, 2.75) is 6.04 Å². The van der Waals surface area contributed by atoms with E-state index in [4.69, 9.17) is 16.6 Å². The Morgan fingerprint density at radius 1 is 1.26 bits per heavy atom. The lowest BCUT2D eigenvalue weighted by atomic mass is 10.1. The molecule has 3 aromatic rings. The molecule has 1 atom stereocenters. The van der Waals surface area contributed by atoms with Crippen LogP contribution in [0.3, 0.4) is 0 Å². The van der Waals surface area contributed by atoms with E-state index in [1.807, 2.05) is 36.4 Å². The lowest BCUT2D eigenvalue weighted by Gasteiger charge is -2.37. The van der Waals surface area contributed by atoms with Gasteiger partial charge in [0.2, 0.25) is 0 Å². The third-order valence-corrected chi connectivity index (χ3v) is 5.44. The van der Waals surface area contributed by atoms with Gasteiger partial charge in [-0.05, 0) is 30.3 Å². The van der Waals surface area contributed by atoms with E-state index in [1.165, 1.54) is 0 Å². The maximum atomic E-state index is 10.2. The van der Waals surface area contributed by atoms with Gasteiger partial charge in [0.1, 0.15) is 10.8 Å². The summed E-state index contributed by atoms with van der Waals surface area (Å²) in [6, 6.07) is 13.4. The van der Waals surface area contributed by atoms with Gasteiger partial charge in [0, 0.05) is 24.7 Å². The van der Waals surface area contributed by atoms with Crippen molar-refractivity contribution in [3.8, 4) is 5.75 Å². The molecule has 118 valence electrons. The molecule has 0 bridgehead atoms. The number of rotatable bonds is 2. The van der Waals surface area contributed by atoms with Crippen molar-refractivity contribution in [3.63, 3.8) is 0 Å². The number of anilines is 1. The molecule has 4 nitrogen and oxygen atoms in total. The molecule has 1 aliphatic heterocycles. The Bertz CT molecular complexity index is 851. The van der Waals surface area contributed by atoms with Crippen LogP contribution in [0.4, 0.5) is 5.69 Å². The first-order chi connectivity index (χ1) is 11.2. The third-order valence-electron chi connectivity index (χ3n) is 4.09. The average Bonchev–Trinajstić information content (AvgIpc) is 2.98. The van der Waals surface area contributed by atoms with Gasteiger partial charge in [-0.25, -0.2) is 4.98 Å². The molecule has 1 saturated heterocycles. The summed E-state index contributed by atoms with van der Waals surface area (Å²) in [5.41, 5.74) is 1.83. The summed E-state index contributed by atoms with van der Waals surface area (Å²) in [6.45, 7) is 2.53. The number of aromatic hydroxyl groups is 1. The van der Waals surface area contributed by atoms with Crippen molar-refractivity contribution >= 4 is 38.8 Å². The van der Waals surface area contributed by atoms with Gasteiger partial charge in [0.05, 0.1) is 21.9 Å². The number of para-hydroxylation sites is 2. The Morgan fingerprint density at radius 3 is 3.00 bits per heavy atom. The van der Waals surface area contributed by atoms with Crippen LogP contribution in [0.1, 0.15) is 11.0 Å². The predicted molar refractivity (Wildman–Crippen MR) is 95.7 cm³/mol. The molecule has 2 N–H and O–H groups in total. The van der Waals surface area contributed by atoms with E-state index < -0.39 is 0 Å². The van der Waals surface area contributed by atoms with Crippen LogP contribution in [0.2, 0.25) is 5.02 Å². The molecule has 1 fully saturated rings. The lowest BCUT2D eigenvalue weighted by molar-refractivity contribution is 0.453. The number of nitrogens with one attached hydrogen (secondary N) is 1. The predicted octanol–water partition coefficient (Wildman–Crippen LogP) is 3.81. The Balaban J connectivity index is 1.76. The highest BCUT2D eigenvalue weighted by atomic mass is 35.5. The number of hydrogen-bond acceptors (Lipinski definition) is 5. The smallest absolute Gasteiger partial charge is 0.138 e. The first-order valence-corrected chi connectivity index (χ1v) is 8.73. The zero-order chi connectivity index (χ0) is 15.8. The van der Waals surface area contributed by atoms with Gasteiger partial charge < -0.3 is 15.3 Å². The first-order valence-electron chi connectivity index (χ1n) is 7.54. The molecule has 4 rings (SSSR count). The number of aromatic nitrogens is 1. The van der Waals surface area contributed by atoms with Gasteiger partial charge in [0.15, 0.2) is 0 Å². The Kier molecular flexibility index (Phi) is 3.85. The molecular weight excluding hydrogens is 330 g/mol. The summed E-state index contributed by atoms with van der Waals surface area (Å²) in [7, 11) is 0. The molecule has 0 aliphatic carbocycles. The van der Waals surface area contributed by atoms with Crippen LogP contribution in [-0.4, -0.2) is 29.7 Å². The zero-order valence-electron chi connectivity index (χ0n) is 12.4. The summed E-state index contributed by atoms with van der Waals surface area (Å²) < 4.78 is 1.09. The molecular formula is C17H16ClN3OS. The number of phenolic OH excluding ortho intramolecular Hbond substituents is 1. The van der Waals surface area contributed by atoms with E-state index in [1.54, 1.807) is 17.4 Å². The minimum Gasteiger partial charge on any atom is -0.506 e. The molecule has 1 aliphatic rings. The molecule has 23 heavy (non-hydrogen) atoms. The monoisotopic (exact) mass is 345 g/mol. The number of thiazole rings is 1. The molecule has 2 heterocycles. The van der Waals surface area contributed by atoms with Crippen LogP contribution >= 0.6 is 22.9 Å². The third kappa shape index (κ3) is 2.76. The standard InChI is InChI=1S/C17H16ClN3OS/c18-11-5-6-12-16(9-11)23-17(20-12)14-10-19-7-8-21(14)13-3-1-2-4-15(13)22/h1-6,9,14,19,22H,7-8,10H2. The number of phenols is 1.